The van der Waals surface area contributed by atoms with E-state index in [4.69, 9.17) is 11.6 Å². The summed E-state index contributed by atoms with van der Waals surface area (Å²) in [5, 5.41) is 7.57. The molecule has 1 heterocycles. The molecule has 0 aromatic carbocycles. The molecule has 0 unspecified atom stereocenters. The maximum absolute atomic E-state index is 12.0. The van der Waals surface area contributed by atoms with Gasteiger partial charge in [-0.1, -0.05) is 37.8 Å². The normalized spacial score (nSPS) is 11.1. The SMILES string of the molecule is CCCCCCNc1cnn(CCN(C)C)c(=O)c1Cl. The molecule has 20 heavy (non-hydrogen) atoms. The molecule has 0 saturated carbocycles. The lowest BCUT2D eigenvalue weighted by atomic mass is 10.2. The topological polar surface area (TPSA) is 50.2 Å². The molecule has 0 atom stereocenters. The first kappa shape index (κ1) is 17.0. The van der Waals surface area contributed by atoms with Crippen LogP contribution in [0.2, 0.25) is 5.02 Å². The van der Waals surface area contributed by atoms with Gasteiger partial charge in [0.2, 0.25) is 0 Å². The summed E-state index contributed by atoms with van der Waals surface area (Å²) < 4.78 is 1.41. The molecule has 0 bridgehead atoms. The van der Waals surface area contributed by atoms with Gasteiger partial charge in [-0.25, -0.2) is 4.68 Å². The van der Waals surface area contributed by atoms with Crippen molar-refractivity contribution < 1.29 is 0 Å². The molecular weight excluding hydrogens is 276 g/mol. The summed E-state index contributed by atoms with van der Waals surface area (Å²) in [5.41, 5.74) is 0.404. The van der Waals surface area contributed by atoms with E-state index in [0.29, 0.717) is 12.2 Å². The minimum atomic E-state index is -0.230. The van der Waals surface area contributed by atoms with Crippen LogP contribution in [-0.4, -0.2) is 41.9 Å². The lowest BCUT2D eigenvalue weighted by Gasteiger charge is -2.12. The van der Waals surface area contributed by atoms with Gasteiger partial charge in [-0.2, -0.15) is 5.10 Å². The second kappa shape index (κ2) is 8.97. The van der Waals surface area contributed by atoms with Crippen LogP contribution in [0.15, 0.2) is 11.0 Å². The summed E-state index contributed by atoms with van der Waals surface area (Å²) >= 11 is 6.10. The summed E-state index contributed by atoms with van der Waals surface area (Å²) in [6, 6.07) is 0. The smallest absolute Gasteiger partial charge is 0.287 e. The summed E-state index contributed by atoms with van der Waals surface area (Å²) in [4.78, 5) is 14.0. The number of halogens is 1. The fourth-order valence-electron chi connectivity index (χ4n) is 1.82. The van der Waals surface area contributed by atoms with Crippen molar-refractivity contribution in [2.75, 3.05) is 32.5 Å². The van der Waals surface area contributed by atoms with Crippen molar-refractivity contribution in [3.05, 3.63) is 21.6 Å². The van der Waals surface area contributed by atoms with Gasteiger partial charge in [0.25, 0.3) is 5.56 Å². The molecule has 5 nitrogen and oxygen atoms in total. The van der Waals surface area contributed by atoms with Gasteiger partial charge in [-0.3, -0.25) is 4.79 Å². The van der Waals surface area contributed by atoms with Gasteiger partial charge < -0.3 is 10.2 Å². The zero-order valence-electron chi connectivity index (χ0n) is 12.7. The molecule has 1 N–H and O–H groups in total. The molecule has 0 aliphatic rings. The number of unbranched alkanes of at least 4 members (excludes halogenated alkanes) is 3. The van der Waals surface area contributed by atoms with E-state index in [0.717, 1.165) is 19.5 Å². The van der Waals surface area contributed by atoms with Crippen LogP contribution < -0.4 is 10.9 Å². The van der Waals surface area contributed by atoms with Gasteiger partial charge in [0.1, 0.15) is 5.02 Å². The minimum Gasteiger partial charge on any atom is -0.382 e. The Morgan fingerprint density at radius 3 is 2.75 bits per heavy atom. The fraction of sp³-hybridized carbons (Fsp3) is 0.714. The second-order valence-electron chi connectivity index (χ2n) is 5.19. The second-order valence-corrected chi connectivity index (χ2v) is 5.57. The number of hydrogen-bond donors (Lipinski definition) is 1. The summed E-state index contributed by atoms with van der Waals surface area (Å²) in [7, 11) is 3.91. The lowest BCUT2D eigenvalue weighted by molar-refractivity contribution is 0.367. The maximum Gasteiger partial charge on any atom is 0.287 e. The van der Waals surface area contributed by atoms with Crippen molar-refractivity contribution in [3.63, 3.8) is 0 Å². The highest BCUT2D eigenvalue weighted by molar-refractivity contribution is 6.32. The Morgan fingerprint density at radius 2 is 2.10 bits per heavy atom. The average Bonchev–Trinajstić information content (AvgIpc) is 2.42. The number of anilines is 1. The Labute approximate surface area is 125 Å². The van der Waals surface area contributed by atoms with Gasteiger partial charge in [0, 0.05) is 13.1 Å². The van der Waals surface area contributed by atoms with E-state index in [1.807, 2.05) is 19.0 Å². The van der Waals surface area contributed by atoms with Crippen LogP contribution >= 0.6 is 11.6 Å². The highest BCUT2D eigenvalue weighted by Crippen LogP contribution is 2.15. The molecule has 1 aromatic rings. The van der Waals surface area contributed by atoms with Crippen molar-refractivity contribution in [1.29, 1.82) is 0 Å². The first-order valence-electron chi connectivity index (χ1n) is 7.20. The van der Waals surface area contributed by atoms with Crippen LogP contribution in [0.5, 0.6) is 0 Å². The van der Waals surface area contributed by atoms with E-state index in [1.165, 1.54) is 23.9 Å². The standard InChI is InChI=1S/C14H25ClN4O/c1-4-5-6-7-8-16-12-11-17-19(10-9-18(2)3)14(20)13(12)15/h11,16H,4-10H2,1-3H3. The molecule has 6 heteroatoms. The van der Waals surface area contributed by atoms with Gasteiger partial charge in [0.05, 0.1) is 18.4 Å². The molecular formula is C14H25ClN4O. The highest BCUT2D eigenvalue weighted by atomic mass is 35.5. The van der Waals surface area contributed by atoms with Gasteiger partial charge >= 0.3 is 0 Å². The van der Waals surface area contributed by atoms with Gasteiger partial charge in [-0.15, -0.1) is 0 Å². The largest absolute Gasteiger partial charge is 0.382 e. The molecule has 0 spiro atoms. The number of rotatable bonds is 9. The minimum absolute atomic E-state index is 0.230. The Morgan fingerprint density at radius 1 is 1.35 bits per heavy atom. The van der Waals surface area contributed by atoms with Crippen LogP contribution in [0.25, 0.3) is 0 Å². The number of nitrogens with one attached hydrogen (secondary N) is 1. The highest BCUT2D eigenvalue weighted by Gasteiger charge is 2.08. The van der Waals surface area contributed by atoms with Crippen molar-refractivity contribution in [1.82, 2.24) is 14.7 Å². The third kappa shape index (κ3) is 5.51. The van der Waals surface area contributed by atoms with Crippen molar-refractivity contribution in [2.45, 2.75) is 39.2 Å². The van der Waals surface area contributed by atoms with E-state index < -0.39 is 0 Å². The first-order valence-corrected chi connectivity index (χ1v) is 7.58. The summed E-state index contributed by atoms with van der Waals surface area (Å²) in [6.07, 6.45) is 6.35. The van der Waals surface area contributed by atoms with Gasteiger partial charge in [0.15, 0.2) is 0 Å². The van der Waals surface area contributed by atoms with E-state index >= 15 is 0 Å². The lowest BCUT2D eigenvalue weighted by Crippen LogP contribution is -2.29. The monoisotopic (exact) mass is 300 g/mol. The van der Waals surface area contributed by atoms with Crippen LogP contribution in [0.4, 0.5) is 5.69 Å². The molecule has 1 rings (SSSR count). The maximum atomic E-state index is 12.0. The van der Waals surface area contributed by atoms with Crippen LogP contribution in [-0.2, 0) is 6.54 Å². The molecule has 0 aliphatic carbocycles. The number of hydrogen-bond acceptors (Lipinski definition) is 4. The first-order chi connectivity index (χ1) is 9.56. The summed E-state index contributed by atoms with van der Waals surface area (Å²) in [5.74, 6) is 0. The molecule has 0 amide bonds. The molecule has 1 aromatic heterocycles. The number of likely N-dealkylation sites (N-methyl/N-ethyl adjacent to an activating group) is 1. The van der Waals surface area contributed by atoms with Crippen molar-refractivity contribution >= 4 is 17.3 Å². The van der Waals surface area contributed by atoms with E-state index in [1.54, 1.807) is 6.20 Å². The third-order valence-electron chi connectivity index (χ3n) is 3.09. The van der Waals surface area contributed by atoms with Gasteiger partial charge in [-0.05, 0) is 20.5 Å². The van der Waals surface area contributed by atoms with E-state index in [2.05, 4.69) is 17.3 Å². The third-order valence-corrected chi connectivity index (χ3v) is 3.45. The Hall–Kier alpha value is -1.07. The zero-order chi connectivity index (χ0) is 15.0. The Balaban J connectivity index is 2.57. The average molecular weight is 301 g/mol. The molecule has 0 fully saturated rings. The predicted molar refractivity (Wildman–Crippen MR) is 84.7 cm³/mol. The quantitative estimate of drug-likeness (QED) is 0.712. The van der Waals surface area contributed by atoms with Crippen LogP contribution in [0, 0.1) is 0 Å². The Bertz CT molecular complexity index is 459. The molecule has 0 radical (unpaired) electrons. The number of nitrogens with zero attached hydrogens (tertiary/aromatic N) is 3. The van der Waals surface area contributed by atoms with Crippen molar-refractivity contribution in [3.8, 4) is 0 Å². The van der Waals surface area contributed by atoms with Crippen LogP contribution in [0.1, 0.15) is 32.6 Å². The number of aromatic nitrogens is 2. The Kier molecular flexibility index (Phi) is 7.62. The molecule has 0 saturated heterocycles. The van der Waals surface area contributed by atoms with E-state index in [-0.39, 0.29) is 10.6 Å². The van der Waals surface area contributed by atoms with Crippen molar-refractivity contribution in [2.24, 2.45) is 0 Å². The van der Waals surface area contributed by atoms with E-state index in [9.17, 15) is 4.79 Å². The predicted octanol–water partition coefficient (Wildman–Crippen LogP) is 2.45. The summed E-state index contributed by atoms with van der Waals surface area (Å²) in [6.45, 7) is 4.31. The van der Waals surface area contributed by atoms with Crippen LogP contribution in [0.3, 0.4) is 0 Å². The fourth-order valence-corrected chi connectivity index (χ4v) is 2.03. The molecule has 0 aliphatic heterocycles. The zero-order valence-corrected chi connectivity index (χ0v) is 13.4. The molecule has 114 valence electrons.